The highest BCUT2D eigenvalue weighted by molar-refractivity contribution is 5.82. The van der Waals surface area contributed by atoms with Crippen molar-refractivity contribution < 1.29 is 4.79 Å². The van der Waals surface area contributed by atoms with E-state index in [1.807, 2.05) is 47.4 Å². The Labute approximate surface area is 144 Å². The Morgan fingerprint density at radius 3 is 2.80 bits per heavy atom. The Bertz CT molecular complexity index is 1010. The van der Waals surface area contributed by atoms with Crippen molar-refractivity contribution in [3.8, 4) is 0 Å². The number of nitrogens with zero attached hydrogens (tertiary/aromatic N) is 2. The fourth-order valence-electron chi connectivity index (χ4n) is 3.52. The zero-order valence-corrected chi connectivity index (χ0v) is 13.6. The normalized spacial score (nSPS) is 17.4. The van der Waals surface area contributed by atoms with Crippen molar-refractivity contribution in [2.75, 3.05) is 6.54 Å². The Balaban J connectivity index is 1.71. The van der Waals surface area contributed by atoms with E-state index in [4.69, 9.17) is 5.73 Å². The van der Waals surface area contributed by atoms with Gasteiger partial charge in [-0.2, -0.15) is 0 Å². The molecule has 2 aromatic carbocycles. The van der Waals surface area contributed by atoms with Gasteiger partial charge >= 0.3 is 0 Å². The molecule has 3 N–H and O–H groups in total. The van der Waals surface area contributed by atoms with Gasteiger partial charge in [0.2, 0.25) is 5.91 Å². The molecular weight excluding hydrogens is 316 g/mol. The lowest BCUT2D eigenvalue weighted by atomic mass is 9.92. The minimum atomic E-state index is -0.512. The number of H-pyrrole nitrogens is 1. The van der Waals surface area contributed by atoms with Crippen LogP contribution >= 0.6 is 0 Å². The van der Waals surface area contributed by atoms with Crippen LogP contribution in [0.2, 0.25) is 0 Å². The summed E-state index contributed by atoms with van der Waals surface area (Å²) < 4.78 is 0. The van der Waals surface area contributed by atoms with E-state index in [9.17, 15) is 9.59 Å². The highest BCUT2D eigenvalue weighted by Crippen LogP contribution is 2.30. The van der Waals surface area contributed by atoms with Crippen LogP contribution in [0, 0.1) is 0 Å². The standard InChI is InChI=1S/C19H18N4O2/c20-18(24)17-13-6-2-1-5-12(13)9-10-23(17)11-16-21-15-8-4-3-7-14(15)19(25)22-16/h1-8,17H,9-11H2,(H2,20,24)(H,21,22,25)/t17-/m1/s1. The van der Waals surface area contributed by atoms with E-state index in [-0.39, 0.29) is 5.56 Å². The fourth-order valence-corrected chi connectivity index (χ4v) is 3.52. The molecule has 1 aliphatic rings. The zero-order valence-electron chi connectivity index (χ0n) is 13.6. The van der Waals surface area contributed by atoms with Crippen molar-refractivity contribution in [1.29, 1.82) is 0 Å². The number of aromatic amines is 1. The summed E-state index contributed by atoms with van der Waals surface area (Å²) >= 11 is 0. The van der Waals surface area contributed by atoms with Crippen molar-refractivity contribution in [3.63, 3.8) is 0 Å². The first-order valence-electron chi connectivity index (χ1n) is 8.22. The van der Waals surface area contributed by atoms with Gasteiger partial charge in [-0.05, 0) is 29.7 Å². The molecule has 126 valence electrons. The molecule has 1 aromatic heterocycles. The van der Waals surface area contributed by atoms with Crippen molar-refractivity contribution in [1.82, 2.24) is 14.9 Å². The third-order valence-electron chi connectivity index (χ3n) is 4.67. The van der Waals surface area contributed by atoms with E-state index in [1.54, 1.807) is 6.07 Å². The third kappa shape index (κ3) is 2.81. The number of hydrogen-bond donors (Lipinski definition) is 2. The van der Waals surface area contributed by atoms with E-state index in [2.05, 4.69) is 9.97 Å². The number of aromatic nitrogens is 2. The first-order chi connectivity index (χ1) is 12.1. The van der Waals surface area contributed by atoms with Gasteiger partial charge in [-0.3, -0.25) is 14.5 Å². The first-order valence-corrected chi connectivity index (χ1v) is 8.22. The number of hydrogen-bond acceptors (Lipinski definition) is 4. The smallest absolute Gasteiger partial charge is 0.258 e. The van der Waals surface area contributed by atoms with Crippen LogP contribution in [0.5, 0.6) is 0 Å². The molecule has 2 heterocycles. The summed E-state index contributed by atoms with van der Waals surface area (Å²) in [6, 6.07) is 14.5. The molecule has 0 saturated heterocycles. The lowest BCUT2D eigenvalue weighted by Crippen LogP contribution is -2.42. The van der Waals surface area contributed by atoms with Crippen LogP contribution in [0.1, 0.15) is 23.0 Å². The van der Waals surface area contributed by atoms with E-state index in [1.165, 1.54) is 0 Å². The number of primary amides is 1. The van der Waals surface area contributed by atoms with E-state index in [0.29, 0.717) is 29.8 Å². The summed E-state index contributed by atoms with van der Waals surface area (Å²) in [5.41, 5.74) is 8.22. The molecule has 6 heteroatoms. The minimum Gasteiger partial charge on any atom is -0.368 e. The van der Waals surface area contributed by atoms with Gasteiger partial charge in [0.25, 0.3) is 5.56 Å². The molecule has 0 radical (unpaired) electrons. The number of nitrogens with two attached hydrogens (primary N) is 1. The van der Waals surface area contributed by atoms with Gasteiger partial charge in [0.05, 0.1) is 17.4 Å². The van der Waals surface area contributed by atoms with Crippen LogP contribution in [-0.4, -0.2) is 27.3 Å². The number of amides is 1. The molecule has 1 aliphatic heterocycles. The molecule has 6 nitrogen and oxygen atoms in total. The second kappa shape index (κ2) is 6.14. The molecule has 0 fully saturated rings. The van der Waals surface area contributed by atoms with Crippen LogP contribution < -0.4 is 11.3 Å². The topological polar surface area (TPSA) is 92.1 Å². The number of nitrogens with one attached hydrogen (secondary N) is 1. The maximum atomic E-state index is 12.2. The SMILES string of the molecule is NC(=O)[C@H]1c2ccccc2CCN1Cc1nc2ccccc2c(=O)[nH]1. The lowest BCUT2D eigenvalue weighted by Gasteiger charge is -2.35. The van der Waals surface area contributed by atoms with Gasteiger partial charge in [-0.1, -0.05) is 36.4 Å². The lowest BCUT2D eigenvalue weighted by molar-refractivity contribution is -0.124. The number of benzene rings is 2. The zero-order chi connectivity index (χ0) is 17.4. The maximum absolute atomic E-state index is 12.2. The van der Waals surface area contributed by atoms with E-state index < -0.39 is 11.9 Å². The predicted octanol–water partition coefficient (Wildman–Crippen LogP) is 1.51. The molecule has 0 saturated carbocycles. The van der Waals surface area contributed by atoms with Crippen molar-refractivity contribution >= 4 is 16.8 Å². The average Bonchev–Trinajstić information content (AvgIpc) is 2.61. The van der Waals surface area contributed by atoms with Gasteiger partial charge in [-0.25, -0.2) is 4.98 Å². The second-order valence-corrected chi connectivity index (χ2v) is 6.25. The molecule has 0 spiro atoms. The van der Waals surface area contributed by atoms with Crippen molar-refractivity contribution in [2.24, 2.45) is 5.73 Å². The fraction of sp³-hybridized carbons (Fsp3) is 0.211. The van der Waals surface area contributed by atoms with Gasteiger partial charge in [0.1, 0.15) is 11.9 Å². The third-order valence-corrected chi connectivity index (χ3v) is 4.67. The number of fused-ring (bicyclic) bond motifs is 2. The Morgan fingerprint density at radius 2 is 1.96 bits per heavy atom. The summed E-state index contributed by atoms with van der Waals surface area (Å²) in [6.45, 7) is 1.04. The Kier molecular flexibility index (Phi) is 3.82. The van der Waals surface area contributed by atoms with Crippen molar-refractivity contribution in [3.05, 3.63) is 75.8 Å². The summed E-state index contributed by atoms with van der Waals surface area (Å²) in [6.07, 6.45) is 0.831. The predicted molar refractivity (Wildman–Crippen MR) is 94.9 cm³/mol. The molecular formula is C19H18N4O2. The number of carbonyl (C=O) groups excluding carboxylic acids is 1. The molecule has 1 atom stereocenters. The summed E-state index contributed by atoms with van der Waals surface area (Å²) in [5.74, 6) is 0.143. The molecule has 4 rings (SSSR count). The summed E-state index contributed by atoms with van der Waals surface area (Å²) in [4.78, 5) is 33.7. The Hall–Kier alpha value is -2.99. The van der Waals surface area contributed by atoms with E-state index in [0.717, 1.165) is 17.5 Å². The van der Waals surface area contributed by atoms with Crippen LogP contribution in [0.4, 0.5) is 0 Å². The van der Waals surface area contributed by atoms with Crippen LogP contribution in [0.3, 0.4) is 0 Å². The quantitative estimate of drug-likeness (QED) is 0.759. The molecule has 25 heavy (non-hydrogen) atoms. The monoisotopic (exact) mass is 334 g/mol. The van der Waals surface area contributed by atoms with Gasteiger partial charge in [0, 0.05) is 6.54 Å². The summed E-state index contributed by atoms with van der Waals surface area (Å²) in [5, 5.41) is 0.557. The molecule has 0 bridgehead atoms. The van der Waals surface area contributed by atoms with E-state index >= 15 is 0 Å². The number of carbonyl (C=O) groups is 1. The van der Waals surface area contributed by atoms with Crippen LogP contribution in [-0.2, 0) is 17.8 Å². The maximum Gasteiger partial charge on any atom is 0.258 e. The van der Waals surface area contributed by atoms with Gasteiger partial charge < -0.3 is 10.7 Å². The molecule has 0 aliphatic carbocycles. The van der Waals surface area contributed by atoms with Crippen molar-refractivity contribution in [2.45, 2.75) is 19.0 Å². The van der Waals surface area contributed by atoms with Crippen LogP contribution in [0.15, 0.2) is 53.3 Å². The largest absolute Gasteiger partial charge is 0.368 e. The summed E-state index contributed by atoms with van der Waals surface area (Å²) in [7, 11) is 0. The molecule has 3 aromatic rings. The molecule has 1 amide bonds. The first kappa shape index (κ1) is 15.5. The average molecular weight is 334 g/mol. The highest BCUT2D eigenvalue weighted by Gasteiger charge is 2.31. The highest BCUT2D eigenvalue weighted by atomic mass is 16.1. The van der Waals surface area contributed by atoms with Gasteiger partial charge in [-0.15, -0.1) is 0 Å². The van der Waals surface area contributed by atoms with Gasteiger partial charge in [0.15, 0.2) is 0 Å². The Morgan fingerprint density at radius 1 is 1.20 bits per heavy atom. The molecule has 0 unspecified atom stereocenters. The second-order valence-electron chi connectivity index (χ2n) is 6.25. The minimum absolute atomic E-state index is 0.173. The van der Waals surface area contributed by atoms with Crippen LogP contribution in [0.25, 0.3) is 10.9 Å². The number of rotatable bonds is 3. The number of para-hydroxylation sites is 1.